The minimum absolute atomic E-state index is 0.727. The number of likely N-dealkylation sites (tertiary alicyclic amines) is 1. The van der Waals surface area contributed by atoms with Crippen molar-refractivity contribution in [3.05, 3.63) is 30.3 Å². The van der Waals surface area contributed by atoms with Crippen LogP contribution >= 0.6 is 0 Å². The molecule has 0 N–H and O–H groups in total. The van der Waals surface area contributed by atoms with Gasteiger partial charge in [-0.1, -0.05) is 32.0 Å². The van der Waals surface area contributed by atoms with Gasteiger partial charge in [-0.15, -0.1) is 0 Å². The summed E-state index contributed by atoms with van der Waals surface area (Å²) in [5.41, 5.74) is 0. The van der Waals surface area contributed by atoms with Crippen LogP contribution in [0.3, 0.4) is 0 Å². The first-order valence-corrected chi connectivity index (χ1v) is 5.71. The lowest BCUT2D eigenvalue weighted by Crippen LogP contribution is -2.46. The van der Waals surface area contributed by atoms with E-state index in [1.54, 1.807) is 0 Å². The molecule has 1 aromatic carbocycles. The smallest absolute Gasteiger partial charge is 0.119 e. The Bertz CT molecular complexity index is 254. The summed E-state index contributed by atoms with van der Waals surface area (Å²) in [6.07, 6.45) is 0. The molecule has 1 aliphatic rings. The largest absolute Gasteiger partial charge is 0.493 e. The van der Waals surface area contributed by atoms with E-state index in [2.05, 4.69) is 11.9 Å². The van der Waals surface area contributed by atoms with Gasteiger partial charge in [0.15, 0.2) is 0 Å². The topological polar surface area (TPSA) is 12.5 Å². The van der Waals surface area contributed by atoms with Crippen LogP contribution < -0.4 is 4.74 Å². The van der Waals surface area contributed by atoms with Crippen molar-refractivity contribution in [3.63, 3.8) is 0 Å². The quantitative estimate of drug-likeness (QED) is 0.755. The molecule has 0 aromatic heterocycles. The number of nitrogens with zero attached hydrogens (tertiary/aromatic N) is 1. The van der Waals surface area contributed by atoms with Gasteiger partial charge < -0.3 is 9.64 Å². The molecule has 1 saturated heterocycles. The molecular formula is C13H21NO. The van der Waals surface area contributed by atoms with Gasteiger partial charge in [-0.2, -0.15) is 0 Å². The summed E-state index contributed by atoms with van der Waals surface area (Å²) in [5, 5.41) is 0. The van der Waals surface area contributed by atoms with E-state index in [0.29, 0.717) is 0 Å². The molecule has 0 amide bonds. The fourth-order valence-electron chi connectivity index (χ4n) is 1.66. The standard InChI is InChI=1S/C11H15NO.C2H6/c1-12-7-10(8-12)9-13-11-5-3-2-4-6-11;1-2/h2-6,10H,7-9H2,1H3;1-2H3. The van der Waals surface area contributed by atoms with E-state index >= 15 is 0 Å². The van der Waals surface area contributed by atoms with Crippen molar-refractivity contribution in [2.75, 3.05) is 26.7 Å². The molecule has 0 aliphatic carbocycles. The van der Waals surface area contributed by atoms with Gasteiger partial charge in [-0.05, 0) is 19.2 Å². The van der Waals surface area contributed by atoms with Crippen molar-refractivity contribution in [1.29, 1.82) is 0 Å². The molecule has 0 atom stereocenters. The summed E-state index contributed by atoms with van der Waals surface area (Å²) >= 11 is 0. The highest BCUT2D eigenvalue weighted by atomic mass is 16.5. The maximum absolute atomic E-state index is 5.63. The van der Waals surface area contributed by atoms with Crippen LogP contribution in [-0.2, 0) is 0 Å². The Morgan fingerprint density at radius 3 is 2.33 bits per heavy atom. The summed E-state index contributed by atoms with van der Waals surface area (Å²) in [5.74, 6) is 1.71. The van der Waals surface area contributed by atoms with E-state index in [1.807, 2.05) is 44.2 Å². The normalized spacial score (nSPS) is 16.2. The SMILES string of the molecule is CC.CN1CC(COc2ccccc2)C1. The van der Waals surface area contributed by atoms with Gasteiger partial charge in [0.25, 0.3) is 0 Å². The first kappa shape index (κ1) is 12.1. The predicted octanol–water partition coefficient (Wildman–Crippen LogP) is 2.65. The molecule has 2 nitrogen and oxygen atoms in total. The monoisotopic (exact) mass is 207 g/mol. The first-order valence-electron chi connectivity index (χ1n) is 5.71. The summed E-state index contributed by atoms with van der Waals surface area (Å²) in [7, 11) is 2.14. The summed E-state index contributed by atoms with van der Waals surface area (Å²) in [6.45, 7) is 7.20. The van der Waals surface area contributed by atoms with Gasteiger partial charge in [0, 0.05) is 19.0 Å². The zero-order valence-corrected chi connectivity index (χ0v) is 9.94. The van der Waals surface area contributed by atoms with Gasteiger partial charge in [-0.25, -0.2) is 0 Å². The van der Waals surface area contributed by atoms with Crippen molar-refractivity contribution in [1.82, 2.24) is 4.90 Å². The van der Waals surface area contributed by atoms with E-state index < -0.39 is 0 Å². The minimum Gasteiger partial charge on any atom is -0.493 e. The average Bonchev–Trinajstić information content (AvgIpc) is 2.27. The fraction of sp³-hybridized carbons (Fsp3) is 0.538. The predicted molar refractivity (Wildman–Crippen MR) is 64.3 cm³/mol. The van der Waals surface area contributed by atoms with E-state index in [0.717, 1.165) is 18.3 Å². The highest BCUT2D eigenvalue weighted by Gasteiger charge is 2.23. The third kappa shape index (κ3) is 3.92. The molecule has 0 radical (unpaired) electrons. The molecule has 1 aliphatic heterocycles. The summed E-state index contributed by atoms with van der Waals surface area (Å²) < 4.78 is 5.63. The Morgan fingerprint density at radius 1 is 1.20 bits per heavy atom. The zero-order chi connectivity index (χ0) is 11.1. The molecule has 2 rings (SSSR count). The van der Waals surface area contributed by atoms with E-state index in [4.69, 9.17) is 4.74 Å². The fourth-order valence-corrected chi connectivity index (χ4v) is 1.66. The molecule has 0 saturated carbocycles. The Kier molecular flexibility index (Phi) is 5.19. The number of para-hydroxylation sites is 1. The maximum atomic E-state index is 5.63. The number of hydrogen-bond donors (Lipinski definition) is 0. The lowest BCUT2D eigenvalue weighted by Gasteiger charge is -2.35. The Balaban J connectivity index is 0.000000531. The van der Waals surface area contributed by atoms with Gasteiger partial charge in [0.1, 0.15) is 5.75 Å². The molecule has 1 heterocycles. The van der Waals surface area contributed by atoms with Crippen LogP contribution in [0.2, 0.25) is 0 Å². The van der Waals surface area contributed by atoms with E-state index in [9.17, 15) is 0 Å². The van der Waals surface area contributed by atoms with Crippen LogP contribution in [0.25, 0.3) is 0 Å². The summed E-state index contributed by atoms with van der Waals surface area (Å²) in [4.78, 5) is 2.30. The highest BCUT2D eigenvalue weighted by Crippen LogP contribution is 2.15. The van der Waals surface area contributed by atoms with E-state index in [-0.39, 0.29) is 0 Å². The number of hydrogen-bond acceptors (Lipinski definition) is 2. The molecular weight excluding hydrogens is 186 g/mol. The molecule has 0 unspecified atom stereocenters. The Morgan fingerprint density at radius 2 is 1.80 bits per heavy atom. The van der Waals surface area contributed by atoms with Crippen LogP contribution in [0.5, 0.6) is 5.75 Å². The zero-order valence-electron chi connectivity index (χ0n) is 9.94. The molecule has 1 fully saturated rings. The van der Waals surface area contributed by atoms with E-state index in [1.165, 1.54) is 13.1 Å². The second kappa shape index (κ2) is 6.46. The number of benzene rings is 1. The van der Waals surface area contributed by atoms with Crippen molar-refractivity contribution in [2.45, 2.75) is 13.8 Å². The van der Waals surface area contributed by atoms with Gasteiger partial charge in [0.2, 0.25) is 0 Å². The van der Waals surface area contributed by atoms with Crippen LogP contribution in [0, 0.1) is 5.92 Å². The lowest BCUT2D eigenvalue weighted by atomic mass is 10.0. The molecule has 2 heteroatoms. The summed E-state index contributed by atoms with van der Waals surface area (Å²) in [6, 6.07) is 10.0. The first-order chi connectivity index (χ1) is 7.34. The molecule has 15 heavy (non-hydrogen) atoms. The number of ether oxygens (including phenoxy) is 1. The highest BCUT2D eigenvalue weighted by molar-refractivity contribution is 5.20. The molecule has 1 aromatic rings. The average molecular weight is 207 g/mol. The van der Waals surface area contributed by atoms with Crippen molar-refractivity contribution >= 4 is 0 Å². The second-order valence-corrected chi connectivity index (χ2v) is 3.71. The Hall–Kier alpha value is -1.02. The molecule has 84 valence electrons. The third-order valence-electron chi connectivity index (χ3n) is 2.37. The van der Waals surface area contributed by atoms with Crippen LogP contribution in [0.15, 0.2) is 30.3 Å². The van der Waals surface area contributed by atoms with Gasteiger partial charge >= 0.3 is 0 Å². The Labute approximate surface area is 92.9 Å². The molecule has 0 spiro atoms. The van der Waals surface area contributed by atoms with Crippen LogP contribution in [0.4, 0.5) is 0 Å². The van der Waals surface area contributed by atoms with Gasteiger partial charge in [0.05, 0.1) is 6.61 Å². The van der Waals surface area contributed by atoms with Crippen molar-refractivity contribution in [3.8, 4) is 5.75 Å². The third-order valence-corrected chi connectivity index (χ3v) is 2.37. The molecule has 0 bridgehead atoms. The number of rotatable bonds is 3. The minimum atomic E-state index is 0.727. The lowest BCUT2D eigenvalue weighted by molar-refractivity contribution is 0.0858. The second-order valence-electron chi connectivity index (χ2n) is 3.71. The van der Waals surface area contributed by atoms with Crippen LogP contribution in [-0.4, -0.2) is 31.6 Å². The van der Waals surface area contributed by atoms with Gasteiger partial charge in [-0.3, -0.25) is 0 Å². The van der Waals surface area contributed by atoms with Crippen LogP contribution in [0.1, 0.15) is 13.8 Å². The van der Waals surface area contributed by atoms with Crippen molar-refractivity contribution < 1.29 is 4.74 Å². The van der Waals surface area contributed by atoms with Crippen molar-refractivity contribution in [2.24, 2.45) is 5.92 Å². The maximum Gasteiger partial charge on any atom is 0.119 e.